The first-order valence-electron chi connectivity index (χ1n) is 4.78. The summed E-state index contributed by atoms with van der Waals surface area (Å²) in [6.45, 7) is 6.50. The fourth-order valence-electron chi connectivity index (χ4n) is 1.00. The van der Waals surface area contributed by atoms with Gasteiger partial charge in [0.05, 0.1) is 11.8 Å². The van der Waals surface area contributed by atoms with E-state index in [1.807, 2.05) is 20.8 Å². The number of nitrogens with one attached hydrogen (secondary N) is 1. The van der Waals surface area contributed by atoms with Crippen LogP contribution in [-0.4, -0.2) is 17.4 Å². The van der Waals surface area contributed by atoms with Gasteiger partial charge in [0, 0.05) is 12.7 Å². The Balaban J connectivity index is 2.66. The molecular formula is C11H15FN2O. The highest BCUT2D eigenvalue weighted by Crippen LogP contribution is 2.11. The standard InChI is InChI=1S/C11H15FN2O/c1-11(2,3)7-14-10(15)8-4-5-13-6-9(8)12/h4-6H,7H2,1-3H3,(H,14,15). The predicted octanol–water partition coefficient (Wildman–Crippen LogP) is 2.00. The summed E-state index contributed by atoms with van der Waals surface area (Å²) in [5.74, 6) is -0.992. The van der Waals surface area contributed by atoms with Crippen LogP contribution in [0.25, 0.3) is 0 Å². The minimum Gasteiger partial charge on any atom is -0.351 e. The van der Waals surface area contributed by atoms with E-state index in [0.717, 1.165) is 6.20 Å². The zero-order valence-corrected chi connectivity index (χ0v) is 9.17. The second-order valence-corrected chi connectivity index (χ2v) is 4.60. The van der Waals surface area contributed by atoms with E-state index in [2.05, 4.69) is 10.3 Å². The van der Waals surface area contributed by atoms with Gasteiger partial charge in [-0.2, -0.15) is 0 Å². The molecule has 1 aromatic rings. The van der Waals surface area contributed by atoms with Gasteiger partial charge in [-0.3, -0.25) is 9.78 Å². The highest BCUT2D eigenvalue weighted by Gasteiger charge is 2.15. The van der Waals surface area contributed by atoms with Gasteiger partial charge < -0.3 is 5.32 Å². The van der Waals surface area contributed by atoms with Crippen LogP contribution in [0.2, 0.25) is 0 Å². The zero-order valence-electron chi connectivity index (χ0n) is 9.17. The maximum Gasteiger partial charge on any atom is 0.254 e. The number of halogens is 1. The number of hydrogen-bond acceptors (Lipinski definition) is 2. The summed E-state index contributed by atoms with van der Waals surface area (Å²) in [7, 11) is 0. The third-order valence-electron chi connectivity index (χ3n) is 1.80. The summed E-state index contributed by atoms with van der Waals surface area (Å²) >= 11 is 0. The van der Waals surface area contributed by atoms with Gasteiger partial charge in [-0.1, -0.05) is 20.8 Å². The van der Waals surface area contributed by atoms with E-state index >= 15 is 0 Å². The van der Waals surface area contributed by atoms with E-state index in [-0.39, 0.29) is 11.0 Å². The summed E-state index contributed by atoms with van der Waals surface area (Å²) < 4.78 is 13.1. The summed E-state index contributed by atoms with van der Waals surface area (Å²) in [5, 5.41) is 2.67. The van der Waals surface area contributed by atoms with Gasteiger partial charge in [0.25, 0.3) is 5.91 Å². The molecule has 0 aliphatic carbocycles. The third kappa shape index (κ3) is 3.65. The van der Waals surface area contributed by atoms with E-state index in [1.165, 1.54) is 12.3 Å². The Morgan fingerprint density at radius 2 is 2.20 bits per heavy atom. The number of aromatic nitrogens is 1. The fourth-order valence-corrected chi connectivity index (χ4v) is 1.00. The molecule has 15 heavy (non-hydrogen) atoms. The van der Waals surface area contributed by atoms with E-state index in [0.29, 0.717) is 6.54 Å². The molecule has 1 N–H and O–H groups in total. The minimum absolute atomic E-state index is 0.0147. The molecule has 0 spiro atoms. The molecule has 4 heteroatoms. The van der Waals surface area contributed by atoms with Crippen LogP contribution in [0.1, 0.15) is 31.1 Å². The maximum absolute atomic E-state index is 13.1. The molecule has 0 radical (unpaired) electrons. The number of nitrogens with zero attached hydrogens (tertiary/aromatic N) is 1. The lowest BCUT2D eigenvalue weighted by atomic mass is 9.97. The number of amides is 1. The fraction of sp³-hybridized carbons (Fsp3) is 0.455. The summed E-state index contributed by atoms with van der Waals surface area (Å²) in [4.78, 5) is 15.1. The van der Waals surface area contributed by atoms with Crippen molar-refractivity contribution in [2.75, 3.05) is 6.54 Å². The Morgan fingerprint density at radius 1 is 1.53 bits per heavy atom. The van der Waals surface area contributed by atoms with Crippen LogP contribution in [0.4, 0.5) is 4.39 Å². The first-order valence-corrected chi connectivity index (χ1v) is 4.78. The lowest BCUT2D eigenvalue weighted by Crippen LogP contribution is -2.32. The van der Waals surface area contributed by atoms with Gasteiger partial charge in [0.1, 0.15) is 0 Å². The number of carbonyl (C=O) groups excluding carboxylic acids is 1. The second kappa shape index (κ2) is 4.38. The average Bonchev–Trinajstić information content (AvgIpc) is 2.14. The largest absolute Gasteiger partial charge is 0.351 e. The molecule has 0 saturated heterocycles. The zero-order chi connectivity index (χ0) is 11.5. The second-order valence-electron chi connectivity index (χ2n) is 4.60. The monoisotopic (exact) mass is 210 g/mol. The lowest BCUT2D eigenvalue weighted by Gasteiger charge is -2.18. The summed E-state index contributed by atoms with van der Waals surface area (Å²) in [6.07, 6.45) is 2.43. The average molecular weight is 210 g/mol. The molecule has 0 aromatic carbocycles. The van der Waals surface area contributed by atoms with Crippen LogP contribution in [0.3, 0.4) is 0 Å². The summed E-state index contributed by atoms with van der Waals surface area (Å²) in [6, 6.07) is 1.37. The molecule has 1 amide bonds. The van der Waals surface area contributed by atoms with Crippen LogP contribution in [0, 0.1) is 11.2 Å². The number of rotatable bonds is 2. The molecule has 1 rings (SSSR count). The highest BCUT2D eigenvalue weighted by molar-refractivity contribution is 5.94. The molecule has 1 aromatic heterocycles. The minimum atomic E-state index is -0.594. The Bertz CT molecular complexity index is 358. The summed E-state index contributed by atoms with van der Waals surface area (Å²) in [5.41, 5.74) is 0.0216. The van der Waals surface area contributed by atoms with E-state index in [1.54, 1.807) is 0 Å². The molecule has 0 aliphatic rings. The molecule has 3 nitrogen and oxygen atoms in total. The third-order valence-corrected chi connectivity index (χ3v) is 1.80. The van der Waals surface area contributed by atoms with Crippen molar-refractivity contribution in [3.63, 3.8) is 0 Å². The van der Waals surface area contributed by atoms with Crippen LogP contribution in [0.15, 0.2) is 18.5 Å². The van der Waals surface area contributed by atoms with Crippen molar-refractivity contribution in [2.45, 2.75) is 20.8 Å². The van der Waals surface area contributed by atoms with Gasteiger partial charge in [-0.05, 0) is 11.5 Å². The van der Waals surface area contributed by atoms with Gasteiger partial charge >= 0.3 is 0 Å². The Hall–Kier alpha value is -1.45. The smallest absolute Gasteiger partial charge is 0.254 e. The molecule has 0 aliphatic heterocycles. The SMILES string of the molecule is CC(C)(C)CNC(=O)c1ccncc1F. The van der Waals surface area contributed by atoms with Crippen molar-refractivity contribution in [1.29, 1.82) is 0 Å². The Labute approximate surface area is 88.7 Å². The van der Waals surface area contributed by atoms with Crippen LogP contribution in [-0.2, 0) is 0 Å². The van der Waals surface area contributed by atoms with Crippen LogP contribution in [0.5, 0.6) is 0 Å². The molecule has 0 unspecified atom stereocenters. The van der Waals surface area contributed by atoms with Gasteiger partial charge in [-0.25, -0.2) is 4.39 Å². The van der Waals surface area contributed by atoms with Crippen molar-refractivity contribution < 1.29 is 9.18 Å². The molecule has 82 valence electrons. The molecule has 0 saturated carbocycles. The Morgan fingerprint density at radius 3 is 2.73 bits per heavy atom. The van der Waals surface area contributed by atoms with Crippen molar-refractivity contribution in [3.05, 3.63) is 29.8 Å². The maximum atomic E-state index is 13.1. The van der Waals surface area contributed by atoms with Gasteiger partial charge in [0.2, 0.25) is 0 Å². The van der Waals surface area contributed by atoms with Gasteiger partial charge in [-0.15, -0.1) is 0 Å². The molecule has 1 heterocycles. The molecule has 0 bridgehead atoms. The van der Waals surface area contributed by atoms with Crippen LogP contribution < -0.4 is 5.32 Å². The molecular weight excluding hydrogens is 195 g/mol. The number of pyridine rings is 1. The quantitative estimate of drug-likeness (QED) is 0.811. The van der Waals surface area contributed by atoms with Crippen molar-refractivity contribution in [2.24, 2.45) is 5.41 Å². The van der Waals surface area contributed by atoms with Crippen LogP contribution >= 0.6 is 0 Å². The van der Waals surface area contributed by atoms with Gasteiger partial charge in [0.15, 0.2) is 5.82 Å². The number of hydrogen-bond donors (Lipinski definition) is 1. The van der Waals surface area contributed by atoms with Crippen molar-refractivity contribution >= 4 is 5.91 Å². The first kappa shape index (κ1) is 11.6. The highest BCUT2D eigenvalue weighted by atomic mass is 19.1. The van der Waals surface area contributed by atoms with Crippen molar-refractivity contribution in [1.82, 2.24) is 10.3 Å². The Kier molecular flexibility index (Phi) is 3.39. The normalized spacial score (nSPS) is 11.2. The number of carbonyl (C=O) groups is 1. The first-order chi connectivity index (χ1) is 6.90. The van der Waals surface area contributed by atoms with Crippen molar-refractivity contribution in [3.8, 4) is 0 Å². The van der Waals surface area contributed by atoms with E-state index in [4.69, 9.17) is 0 Å². The predicted molar refractivity (Wildman–Crippen MR) is 56.0 cm³/mol. The topological polar surface area (TPSA) is 42.0 Å². The van der Waals surface area contributed by atoms with E-state index in [9.17, 15) is 9.18 Å². The molecule has 0 fully saturated rings. The lowest BCUT2D eigenvalue weighted by molar-refractivity contribution is 0.0935. The molecule has 0 atom stereocenters. The van der Waals surface area contributed by atoms with E-state index < -0.39 is 11.7 Å².